The number of nitrogens with one attached hydrogen (secondary N) is 2. The number of carbonyl (C=O) groups excluding carboxylic acids is 1. The Morgan fingerprint density at radius 1 is 1.10 bits per heavy atom. The van der Waals surface area contributed by atoms with Crippen molar-refractivity contribution >= 4 is 40.9 Å². The molecule has 2 aromatic carbocycles. The Hall–Kier alpha value is -3.13. The zero-order valence-electron chi connectivity index (χ0n) is 18.3. The lowest BCUT2D eigenvalue weighted by atomic mass is 10.1. The second-order valence-electron chi connectivity index (χ2n) is 7.33. The molecule has 1 heterocycles. The van der Waals surface area contributed by atoms with Gasteiger partial charge in [0.05, 0.1) is 11.0 Å². The second-order valence-corrected chi connectivity index (χ2v) is 8.66. The van der Waals surface area contributed by atoms with Crippen molar-refractivity contribution in [1.29, 1.82) is 0 Å². The quantitative estimate of drug-likeness (QED) is 0.472. The summed E-state index contributed by atoms with van der Waals surface area (Å²) in [6.45, 7) is 7.97. The van der Waals surface area contributed by atoms with E-state index in [2.05, 4.69) is 38.6 Å². The molecule has 162 valence electrons. The molecule has 3 rings (SSSR count). The zero-order chi connectivity index (χ0) is 22.4. The average Bonchev–Trinajstić information content (AvgIpc) is 2.74. The number of nitrogens with zero attached hydrogens (tertiary/aromatic N) is 3. The minimum atomic E-state index is -0.282. The largest absolute Gasteiger partial charge is 0.368 e. The highest BCUT2D eigenvalue weighted by atomic mass is 32.2. The molecule has 0 fully saturated rings. The maximum absolute atomic E-state index is 12.6. The normalized spacial score (nSPS) is 11.7. The van der Waals surface area contributed by atoms with Gasteiger partial charge in [-0.25, -0.2) is 0 Å². The summed E-state index contributed by atoms with van der Waals surface area (Å²) in [6.07, 6.45) is 0.888. The van der Waals surface area contributed by atoms with Crippen LogP contribution in [-0.4, -0.2) is 26.1 Å². The number of hydrogen-bond donors (Lipinski definition) is 3. The zero-order valence-corrected chi connectivity index (χ0v) is 19.1. The Morgan fingerprint density at radius 2 is 1.87 bits per heavy atom. The number of aromatic nitrogens is 3. The first kappa shape index (κ1) is 22.6. The summed E-state index contributed by atoms with van der Waals surface area (Å²) in [5.74, 6) is 1.46. The third-order valence-corrected chi connectivity index (χ3v) is 5.95. The topological polar surface area (TPSA) is 106 Å². The monoisotopic (exact) mass is 436 g/mol. The number of thioether (sulfide) groups is 1. The minimum absolute atomic E-state index is 0.0609. The van der Waals surface area contributed by atoms with Crippen LogP contribution in [0.3, 0.4) is 0 Å². The highest BCUT2D eigenvalue weighted by molar-refractivity contribution is 7.99. The Bertz CT molecular complexity index is 1070. The van der Waals surface area contributed by atoms with Gasteiger partial charge < -0.3 is 16.4 Å². The van der Waals surface area contributed by atoms with Gasteiger partial charge in [0.25, 0.3) is 0 Å². The molecule has 0 saturated heterocycles. The SMILES string of the molecule is CCc1ccccc1Nc1nc(N)nc(CS[C@@H](C)C(=O)Nc2ccc(C)cc2C)n1. The van der Waals surface area contributed by atoms with Crippen molar-refractivity contribution in [3.8, 4) is 0 Å². The third-order valence-electron chi connectivity index (χ3n) is 4.82. The molecule has 1 amide bonds. The molecule has 0 aliphatic heterocycles. The van der Waals surface area contributed by atoms with Crippen molar-refractivity contribution < 1.29 is 4.79 Å². The molecule has 1 aromatic heterocycles. The number of nitrogen functional groups attached to an aromatic ring is 1. The summed E-state index contributed by atoms with van der Waals surface area (Å²) in [7, 11) is 0. The van der Waals surface area contributed by atoms with Crippen LogP contribution in [0.15, 0.2) is 42.5 Å². The third kappa shape index (κ3) is 6.18. The van der Waals surface area contributed by atoms with E-state index in [0.29, 0.717) is 17.5 Å². The molecular weight excluding hydrogens is 408 g/mol. The van der Waals surface area contributed by atoms with Gasteiger partial charge in [0.15, 0.2) is 0 Å². The second kappa shape index (κ2) is 10.3. The van der Waals surface area contributed by atoms with Crippen LogP contribution in [0.25, 0.3) is 0 Å². The van der Waals surface area contributed by atoms with Crippen molar-refractivity contribution in [2.75, 3.05) is 16.4 Å². The lowest BCUT2D eigenvalue weighted by molar-refractivity contribution is -0.115. The maximum Gasteiger partial charge on any atom is 0.237 e. The first-order valence-corrected chi connectivity index (χ1v) is 11.3. The molecule has 31 heavy (non-hydrogen) atoms. The highest BCUT2D eigenvalue weighted by Gasteiger charge is 2.16. The van der Waals surface area contributed by atoms with Crippen LogP contribution in [0.1, 0.15) is 36.4 Å². The van der Waals surface area contributed by atoms with E-state index in [1.54, 1.807) is 0 Å². The molecular formula is C23H28N6OS. The fourth-order valence-electron chi connectivity index (χ4n) is 3.09. The van der Waals surface area contributed by atoms with E-state index in [1.165, 1.54) is 11.8 Å². The Balaban J connectivity index is 1.63. The standard InChI is InChI=1S/C23H28N6OS/c1-5-17-8-6-7-9-19(17)26-23-28-20(27-22(24)29-23)13-31-16(4)21(30)25-18-11-10-14(2)12-15(18)3/h6-12,16H,5,13H2,1-4H3,(H,25,30)(H3,24,26,27,28,29)/t16-/m0/s1. The van der Waals surface area contributed by atoms with Gasteiger partial charge in [-0.15, -0.1) is 11.8 Å². The van der Waals surface area contributed by atoms with E-state index in [0.717, 1.165) is 34.5 Å². The van der Waals surface area contributed by atoms with Crippen LogP contribution in [0.4, 0.5) is 23.3 Å². The van der Waals surface area contributed by atoms with E-state index in [1.807, 2.05) is 57.2 Å². The highest BCUT2D eigenvalue weighted by Crippen LogP contribution is 2.23. The number of anilines is 4. The summed E-state index contributed by atoms with van der Waals surface area (Å²) in [4.78, 5) is 25.5. The van der Waals surface area contributed by atoms with E-state index >= 15 is 0 Å². The van der Waals surface area contributed by atoms with Crippen LogP contribution in [0.2, 0.25) is 0 Å². The van der Waals surface area contributed by atoms with Crippen molar-refractivity contribution in [3.05, 3.63) is 65.0 Å². The predicted molar refractivity (Wildman–Crippen MR) is 129 cm³/mol. The van der Waals surface area contributed by atoms with Crippen molar-refractivity contribution in [2.24, 2.45) is 0 Å². The summed E-state index contributed by atoms with van der Waals surface area (Å²) >= 11 is 1.45. The summed E-state index contributed by atoms with van der Waals surface area (Å²) in [6, 6.07) is 14.0. The number of para-hydroxylation sites is 1. The smallest absolute Gasteiger partial charge is 0.237 e. The number of benzene rings is 2. The fraction of sp³-hybridized carbons (Fsp3) is 0.304. The number of amides is 1. The molecule has 0 spiro atoms. The number of nitrogens with two attached hydrogens (primary N) is 1. The summed E-state index contributed by atoms with van der Waals surface area (Å²) < 4.78 is 0. The van der Waals surface area contributed by atoms with Gasteiger partial charge in [-0.1, -0.05) is 42.8 Å². The maximum atomic E-state index is 12.6. The van der Waals surface area contributed by atoms with E-state index in [9.17, 15) is 4.79 Å². The first-order chi connectivity index (χ1) is 14.9. The first-order valence-electron chi connectivity index (χ1n) is 10.2. The van der Waals surface area contributed by atoms with Gasteiger partial charge in [0, 0.05) is 11.4 Å². The van der Waals surface area contributed by atoms with Crippen molar-refractivity contribution in [1.82, 2.24) is 15.0 Å². The Morgan fingerprint density at radius 3 is 2.61 bits per heavy atom. The number of aryl methyl sites for hydroxylation is 3. The van der Waals surface area contributed by atoms with Crippen LogP contribution >= 0.6 is 11.8 Å². The molecule has 7 nitrogen and oxygen atoms in total. The fourth-order valence-corrected chi connectivity index (χ4v) is 3.83. The van der Waals surface area contributed by atoms with Gasteiger partial charge in [-0.05, 0) is 50.5 Å². The van der Waals surface area contributed by atoms with Gasteiger partial charge in [-0.3, -0.25) is 4.79 Å². The molecule has 8 heteroatoms. The van der Waals surface area contributed by atoms with Crippen LogP contribution in [0.5, 0.6) is 0 Å². The Labute approximate surface area is 187 Å². The van der Waals surface area contributed by atoms with Crippen molar-refractivity contribution in [2.45, 2.75) is 45.1 Å². The Kier molecular flexibility index (Phi) is 7.46. The summed E-state index contributed by atoms with van der Waals surface area (Å²) in [5.41, 5.74) is 11.0. The molecule has 3 aromatic rings. The lowest BCUT2D eigenvalue weighted by Gasteiger charge is -2.14. The lowest BCUT2D eigenvalue weighted by Crippen LogP contribution is -2.23. The van der Waals surface area contributed by atoms with Gasteiger partial charge in [0.1, 0.15) is 5.82 Å². The number of rotatable bonds is 8. The molecule has 1 atom stereocenters. The summed E-state index contributed by atoms with van der Waals surface area (Å²) in [5, 5.41) is 5.94. The van der Waals surface area contributed by atoms with Gasteiger partial charge in [-0.2, -0.15) is 15.0 Å². The molecule has 0 unspecified atom stereocenters. The van der Waals surface area contributed by atoms with Crippen LogP contribution in [-0.2, 0) is 17.0 Å². The average molecular weight is 437 g/mol. The van der Waals surface area contributed by atoms with Gasteiger partial charge >= 0.3 is 0 Å². The van der Waals surface area contributed by atoms with Gasteiger partial charge in [0.2, 0.25) is 17.8 Å². The van der Waals surface area contributed by atoms with Crippen molar-refractivity contribution in [3.63, 3.8) is 0 Å². The minimum Gasteiger partial charge on any atom is -0.368 e. The van der Waals surface area contributed by atoms with Crippen LogP contribution < -0.4 is 16.4 Å². The molecule has 0 radical (unpaired) electrons. The number of carbonyl (C=O) groups is 1. The molecule has 0 bridgehead atoms. The number of hydrogen-bond acceptors (Lipinski definition) is 7. The van der Waals surface area contributed by atoms with E-state index < -0.39 is 0 Å². The van der Waals surface area contributed by atoms with Crippen LogP contribution in [0, 0.1) is 13.8 Å². The van der Waals surface area contributed by atoms with E-state index in [4.69, 9.17) is 5.73 Å². The van der Waals surface area contributed by atoms with E-state index in [-0.39, 0.29) is 17.1 Å². The molecule has 0 aliphatic carbocycles. The molecule has 4 N–H and O–H groups in total. The molecule has 0 aliphatic rings. The molecule has 0 saturated carbocycles. The predicted octanol–water partition coefficient (Wildman–Crippen LogP) is 4.64.